The van der Waals surface area contributed by atoms with Crippen LogP contribution in [0.5, 0.6) is 11.6 Å². The first-order valence-corrected chi connectivity index (χ1v) is 5.59. The van der Waals surface area contributed by atoms with Crippen LogP contribution in [0.3, 0.4) is 0 Å². The van der Waals surface area contributed by atoms with Crippen LogP contribution in [0.15, 0.2) is 34.8 Å². The molecule has 0 amide bonds. The molecule has 0 saturated heterocycles. The minimum atomic E-state index is -1.11. The molecule has 6 heteroatoms. The van der Waals surface area contributed by atoms with Crippen LogP contribution in [0.1, 0.15) is 5.69 Å². The van der Waals surface area contributed by atoms with Crippen LogP contribution < -0.4 is 4.74 Å². The van der Waals surface area contributed by atoms with Crippen molar-refractivity contribution in [1.29, 1.82) is 5.26 Å². The van der Waals surface area contributed by atoms with Gasteiger partial charge in [-0.15, -0.1) is 0 Å². The summed E-state index contributed by atoms with van der Waals surface area (Å²) in [4.78, 5) is 3.80. The molecule has 0 N–H and O–H groups in total. The van der Waals surface area contributed by atoms with E-state index >= 15 is 0 Å². The number of hydrogen-bond acceptors (Lipinski definition) is 3. The molecule has 2 rings (SSSR count). The molecule has 0 atom stereocenters. The van der Waals surface area contributed by atoms with Crippen LogP contribution in [0.4, 0.5) is 8.78 Å². The normalized spacial score (nSPS) is 9.89. The molecule has 18 heavy (non-hydrogen) atoms. The van der Waals surface area contributed by atoms with E-state index in [1.807, 2.05) is 6.07 Å². The Balaban J connectivity index is 2.37. The maximum absolute atomic E-state index is 13.4. The van der Waals surface area contributed by atoms with Gasteiger partial charge in [-0.05, 0) is 18.2 Å². The van der Waals surface area contributed by atoms with Gasteiger partial charge in [0.1, 0.15) is 11.8 Å². The molecule has 0 aliphatic carbocycles. The van der Waals surface area contributed by atoms with Gasteiger partial charge in [-0.2, -0.15) is 9.65 Å². The molecule has 1 aromatic heterocycles. The fourth-order valence-electron chi connectivity index (χ4n) is 1.25. The van der Waals surface area contributed by atoms with Crippen molar-refractivity contribution >= 4 is 15.9 Å². The van der Waals surface area contributed by atoms with E-state index < -0.39 is 11.6 Å². The van der Waals surface area contributed by atoms with Crippen LogP contribution in [0, 0.1) is 23.0 Å². The number of benzene rings is 1. The first kappa shape index (κ1) is 12.5. The van der Waals surface area contributed by atoms with Crippen molar-refractivity contribution < 1.29 is 13.5 Å². The Labute approximate surface area is 110 Å². The number of aromatic nitrogens is 1. The van der Waals surface area contributed by atoms with Crippen molar-refractivity contribution in [3.63, 3.8) is 0 Å². The second kappa shape index (κ2) is 5.10. The summed E-state index contributed by atoms with van der Waals surface area (Å²) in [6.45, 7) is 0. The van der Waals surface area contributed by atoms with Crippen LogP contribution in [-0.2, 0) is 0 Å². The maximum Gasteiger partial charge on any atom is 0.220 e. The first-order chi connectivity index (χ1) is 8.60. The van der Waals surface area contributed by atoms with Crippen LogP contribution in [-0.4, -0.2) is 4.98 Å². The molecule has 1 heterocycles. The van der Waals surface area contributed by atoms with Gasteiger partial charge in [-0.3, -0.25) is 0 Å². The van der Waals surface area contributed by atoms with E-state index in [2.05, 4.69) is 20.9 Å². The maximum atomic E-state index is 13.4. The van der Waals surface area contributed by atoms with Crippen molar-refractivity contribution in [2.45, 2.75) is 0 Å². The van der Waals surface area contributed by atoms with E-state index in [1.165, 1.54) is 24.3 Å². The highest BCUT2D eigenvalue weighted by atomic mass is 79.9. The average Bonchev–Trinajstić information content (AvgIpc) is 2.35. The van der Waals surface area contributed by atoms with E-state index in [4.69, 9.17) is 10.00 Å². The predicted molar refractivity (Wildman–Crippen MR) is 63.1 cm³/mol. The third-order valence-corrected chi connectivity index (χ3v) is 2.47. The third-order valence-electron chi connectivity index (χ3n) is 2.01. The molecule has 0 fully saturated rings. The van der Waals surface area contributed by atoms with Gasteiger partial charge < -0.3 is 4.74 Å². The summed E-state index contributed by atoms with van der Waals surface area (Å²) in [6, 6.07) is 8.54. The highest BCUT2D eigenvalue weighted by Crippen LogP contribution is 2.28. The minimum Gasteiger partial charge on any atom is -0.436 e. The largest absolute Gasteiger partial charge is 0.436 e. The zero-order valence-corrected chi connectivity index (χ0v) is 10.4. The van der Waals surface area contributed by atoms with Gasteiger partial charge in [-0.25, -0.2) is 9.37 Å². The lowest BCUT2D eigenvalue weighted by Gasteiger charge is -2.07. The van der Waals surface area contributed by atoms with E-state index in [9.17, 15) is 8.78 Å². The Morgan fingerprint density at radius 2 is 2.06 bits per heavy atom. The number of rotatable bonds is 2. The van der Waals surface area contributed by atoms with Crippen molar-refractivity contribution in [2.24, 2.45) is 0 Å². The number of halogens is 3. The molecule has 0 aliphatic heterocycles. The molecule has 0 bridgehead atoms. The fourth-order valence-corrected chi connectivity index (χ4v) is 1.66. The molecule has 1 aromatic carbocycles. The predicted octanol–water partition coefficient (Wildman–Crippen LogP) is 3.79. The standard InChI is InChI=1S/C12H5BrF2N2O/c13-7-4-9(14)12(15)10(5-7)18-11-3-1-2-8(6-16)17-11/h1-5H. The number of nitrogens with zero attached hydrogens (tertiary/aromatic N) is 2. The number of hydrogen-bond donors (Lipinski definition) is 0. The topological polar surface area (TPSA) is 45.9 Å². The van der Waals surface area contributed by atoms with Crippen molar-refractivity contribution in [3.8, 4) is 17.7 Å². The smallest absolute Gasteiger partial charge is 0.220 e. The summed E-state index contributed by atoms with van der Waals surface area (Å²) < 4.78 is 32.0. The second-order valence-corrected chi connectivity index (χ2v) is 4.19. The molecule has 2 aromatic rings. The monoisotopic (exact) mass is 310 g/mol. The van der Waals surface area contributed by atoms with Crippen molar-refractivity contribution in [2.75, 3.05) is 0 Å². The summed E-state index contributed by atoms with van der Waals surface area (Å²) in [5.74, 6) is -2.42. The summed E-state index contributed by atoms with van der Waals surface area (Å²) in [6.07, 6.45) is 0. The van der Waals surface area contributed by atoms with Gasteiger partial charge in [0.05, 0.1) is 0 Å². The van der Waals surface area contributed by atoms with Crippen molar-refractivity contribution in [1.82, 2.24) is 4.98 Å². The average molecular weight is 311 g/mol. The SMILES string of the molecule is N#Cc1cccc(Oc2cc(Br)cc(F)c2F)n1. The summed E-state index contributed by atoms with van der Waals surface area (Å²) in [5.41, 5.74) is 0.128. The van der Waals surface area contributed by atoms with E-state index in [0.29, 0.717) is 4.47 Å². The van der Waals surface area contributed by atoms with Crippen LogP contribution in [0.25, 0.3) is 0 Å². The summed E-state index contributed by atoms with van der Waals surface area (Å²) >= 11 is 3.03. The van der Waals surface area contributed by atoms with Crippen LogP contribution >= 0.6 is 15.9 Å². The van der Waals surface area contributed by atoms with E-state index in [0.717, 1.165) is 6.07 Å². The fraction of sp³-hybridized carbons (Fsp3) is 0. The molecule has 0 spiro atoms. The first-order valence-electron chi connectivity index (χ1n) is 4.79. The van der Waals surface area contributed by atoms with Crippen LogP contribution in [0.2, 0.25) is 0 Å². The Kier molecular flexibility index (Phi) is 3.53. The summed E-state index contributed by atoms with van der Waals surface area (Å²) in [7, 11) is 0. The van der Waals surface area contributed by atoms with Gasteiger partial charge in [0.15, 0.2) is 11.6 Å². The van der Waals surface area contributed by atoms with Gasteiger partial charge in [0.2, 0.25) is 11.7 Å². The lowest BCUT2D eigenvalue weighted by molar-refractivity contribution is 0.404. The third kappa shape index (κ3) is 2.63. The molecule has 0 aliphatic rings. The molecule has 0 radical (unpaired) electrons. The Morgan fingerprint density at radius 3 is 2.78 bits per heavy atom. The lowest BCUT2D eigenvalue weighted by Crippen LogP contribution is -1.95. The molecule has 90 valence electrons. The van der Waals surface area contributed by atoms with Gasteiger partial charge >= 0.3 is 0 Å². The number of ether oxygens (including phenoxy) is 1. The molecular weight excluding hydrogens is 306 g/mol. The Bertz CT molecular complexity index is 640. The van der Waals surface area contributed by atoms with Crippen molar-refractivity contribution in [3.05, 3.63) is 52.1 Å². The Hall–Kier alpha value is -2.00. The number of pyridine rings is 1. The molecular formula is C12H5BrF2N2O. The highest BCUT2D eigenvalue weighted by Gasteiger charge is 2.12. The minimum absolute atomic E-state index is 0.0189. The zero-order chi connectivity index (χ0) is 13.1. The van der Waals surface area contributed by atoms with Gasteiger partial charge in [-0.1, -0.05) is 22.0 Å². The zero-order valence-electron chi connectivity index (χ0n) is 8.82. The number of nitriles is 1. The van der Waals surface area contributed by atoms with E-state index in [1.54, 1.807) is 0 Å². The van der Waals surface area contributed by atoms with E-state index in [-0.39, 0.29) is 17.3 Å². The molecule has 0 saturated carbocycles. The lowest BCUT2D eigenvalue weighted by atomic mass is 10.3. The highest BCUT2D eigenvalue weighted by molar-refractivity contribution is 9.10. The summed E-state index contributed by atoms with van der Waals surface area (Å²) in [5, 5.41) is 8.66. The quantitative estimate of drug-likeness (QED) is 0.793. The second-order valence-electron chi connectivity index (χ2n) is 3.27. The molecule has 3 nitrogen and oxygen atoms in total. The Morgan fingerprint density at radius 1 is 1.28 bits per heavy atom. The molecule has 0 unspecified atom stereocenters. The van der Waals surface area contributed by atoms with Gasteiger partial charge in [0, 0.05) is 10.5 Å². The van der Waals surface area contributed by atoms with Gasteiger partial charge in [0.25, 0.3) is 0 Å².